The zero-order chi connectivity index (χ0) is 20.8. The summed E-state index contributed by atoms with van der Waals surface area (Å²) in [7, 11) is 0. The van der Waals surface area contributed by atoms with Crippen LogP contribution in [0.25, 0.3) is 55.6 Å². The van der Waals surface area contributed by atoms with Gasteiger partial charge in [-0.3, -0.25) is 15.1 Å². The van der Waals surface area contributed by atoms with E-state index in [1.165, 1.54) is 6.07 Å². The van der Waals surface area contributed by atoms with Crippen molar-refractivity contribution in [3.05, 3.63) is 91.1 Å². The molecular formula is C25H16FN5. The fourth-order valence-corrected chi connectivity index (χ4v) is 4.00. The number of nitrogens with one attached hydrogen (secondary N) is 2. The van der Waals surface area contributed by atoms with Crippen molar-refractivity contribution in [1.82, 2.24) is 25.1 Å². The first-order valence-corrected chi connectivity index (χ1v) is 9.89. The molecule has 0 fully saturated rings. The van der Waals surface area contributed by atoms with Gasteiger partial charge in [-0.25, -0.2) is 4.39 Å². The van der Waals surface area contributed by atoms with Gasteiger partial charge in [-0.1, -0.05) is 30.3 Å². The minimum absolute atomic E-state index is 0.240. The summed E-state index contributed by atoms with van der Waals surface area (Å²) < 4.78 is 14.5. The Morgan fingerprint density at radius 3 is 2.48 bits per heavy atom. The van der Waals surface area contributed by atoms with Gasteiger partial charge in [0.25, 0.3) is 0 Å². The lowest BCUT2D eigenvalue weighted by Gasteiger charge is -2.04. The number of hydrogen-bond acceptors (Lipinski definition) is 3. The van der Waals surface area contributed by atoms with Crippen molar-refractivity contribution in [2.75, 3.05) is 0 Å². The maximum Gasteiger partial charge on any atom is 0.131 e. The molecule has 0 saturated carbocycles. The molecule has 31 heavy (non-hydrogen) atoms. The van der Waals surface area contributed by atoms with E-state index in [9.17, 15) is 4.39 Å². The molecular weight excluding hydrogens is 389 g/mol. The number of aromatic nitrogens is 5. The zero-order valence-electron chi connectivity index (χ0n) is 16.3. The normalized spacial score (nSPS) is 11.4. The van der Waals surface area contributed by atoms with Crippen LogP contribution in [0.3, 0.4) is 0 Å². The standard InChI is InChI=1S/C25H16FN5/c26-20-6-2-1-4-17(20)16-5-3-7-21-18(16)12-23(29-21)25-19-13-22(15-8-10-27-11-9-15)28-14-24(19)30-31-25/h1-14,29H,(H,30,31). The van der Waals surface area contributed by atoms with E-state index in [0.29, 0.717) is 5.56 Å². The molecule has 4 heterocycles. The molecule has 5 nitrogen and oxygen atoms in total. The summed E-state index contributed by atoms with van der Waals surface area (Å²) >= 11 is 0. The molecule has 0 amide bonds. The summed E-state index contributed by atoms with van der Waals surface area (Å²) in [5.74, 6) is -0.240. The smallest absolute Gasteiger partial charge is 0.131 e. The predicted octanol–water partition coefficient (Wildman–Crippen LogP) is 5.97. The molecule has 0 atom stereocenters. The van der Waals surface area contributed by atoms with Gasteiger partial charge in [-0.15, -0.1) is 0 Å². The molecule has 0 aliphatic rings. The molecule has 0 saturated heterocycles. The Morgan fingerprint density at radius 2 is 1.61 bits per heavy atom. The molecule has 6 aromatic rings. The molecule has 0 spiro atoms. The highest BCUT2D eigenvalue weighted by atomic mass is 19.1. The van der Waals surface area contributed by atoms with E-state index in [4.69, 9.17) is 0 Å². The Hall–Kier alpha value is -4.32. The van der Waals surface area contributed by atoms with Gasteiger partial charge in [0.15, 0.2) is 0 Å². The van der Waals surface area contributed by atoms with Crippen molar-refractivity contribution in [2.45, 2.75) is 0 Å². The monoisotopic (exact) mass is 405 g/mol. The van der Waals surface area contributed by atoms with Gasteiger partial charge in [-0.2, -0.15) is 5.10 Å². The van der Waals surface area contributed by atoms with Gasteiger partial charge in [0.2, 0.25) is 0 Å². The lowest BCUT2D eigenvalue weighted by atomic mass is 10.0. The molecule has 0 unspecified atom stereocenters. The Morgan fingerprint density at radius 1 is 0.774 bits per heavy atom. The average Bonchev–Trinajstić information content (AvgIpc) is 3.43. The van der Waals surface area contributed by atoms with E-state index in [-0.39, 0.29) is 5.82 Å². The van der Waals surface area contributed by atoms with E-state index >= 15 is 0 Å². The van der Waals surface area contributed by atoms with Crippen molar-refractivity contribution < 1.29 is 4.39 Å². The van der Waals surface area contributed by atoms with E-state index in [1.807, 2.05) is 48.5 Å². The van der Waals surface area contributed by atoms with Crippen LogP contribution < -0.4 is 0 Å². The van der Waals surface area contributed by atoms with Crippen LogP contribution in [0.5, 0.6) is 0 Å². The Bertz CT molecular complexity index is 1550. The highest BCUT2D eigenvalue weighted by molar-refractivity contribution is 6.01. The first-order valence-electron chi connectivity index (χ1n) is 9.89. The summed E-state index contributed by atoms with van der Waals surface area (Å²) in [5, 5.41) is 9.50. The minimum Gasteiger partial charge on any atom is -0.353 e. The average molecular weight is 405 g/mol. The van der Waals surface area contributed by atoms with Gasteiger partial charge in [0.1, 0.15) is 11.5 Å². The quantitative estimate of drug-likeness (QED) is 0.381. The Kier molecular flexibility index (Phi) is 3.89. The van der Waals surface area contributed by atoms with Crippen molar-refractivity contribution in [3.8, 4) is 33.8 Å². The molecule has 4 aromatic heterocycles. The number of benzene rings is 2. The maximum atomic E-state index is 14.5. The second-order valence-electron chi connectivity index (χ2n) is 7.35. The number of hydrogen-bond donors (Lipinski definition) is 2. The second-order valence-corrected chi connectivity index (χ2v) is 7.35. The summed E-state index contributed by atoms with van der Waals surface area (Å²) in [4.78, 5) is 12.1. The molecule has 0 radical (unpaired) electrons. The fourth-order valence-electron chi connectivity index (χ4n) is 4.00. The van der Waals surface area contributed by atoms with Crippen LogP contribution in [0.1, 0.15) is 0 Å². The van der Waals surface area contributed by atoms with E-state index < -0.39 is 0 Å². The lowest BCUT2D eigenvalue weighted by Crippen LogP contribution is -1.84. The van der Waals surface area contributed by atoms with Crippen LogP contribution in [0.4, 0.5) is 4.39 Å². The number of rotatable bonds is 3. The Labute approximate surface area is 176 Å². The number of halogens is 1. The molecule has 0 aliphatic heterocycles. The van der Waals surface area contributed by atoms with Crippen LogP contribution in [0.15, 0.2) is 85.3 Å². The van der Waals surface area contributed by atoms with Gasteiger partial charge < -0.3 is 4.98 Å². The van der Waals surface area contributed by atoms with Crippen molar-refractivity contribution in [2.24, 2.45) is 0 Å². The second kappa shape index (κ2) is 6.88. The van der Waals surface area contributed by atoms with Crippen molar-refractivity contribution in [1.29, 1.82) is 0 Å². The molecule has 2 N–H and O–H groups in total. The summed E-state index contributed by atoms with van der Waals surface area (Å²) in [5.41, 5.74) is 6.69. The largest absolute Gasteiger partial charge is 0.353 e. The van der Waals surface area contributed by atoms with Crippen LogP contribution in [-0.2, 0) is 0 Å². The first-order chi connectivity index (χ1) is 15.3. The van der Waals surface area contributed by atoms with Crippen LogP contribution in [0, 0.1) is 5.82 Å². The van der Waals surface area contributed by atoms with Crippen LogP contribution in [-0.4, -0.2) is 25.1 Å². The highest BCUT2D eigenvalue weighted by Crippen LogP contribution is 2.35. The fraction of sp³-hybridized carbons (Fsp3) is 0. The summed E-state index contributed by atoms with van der Waals surface area (Å²) in [6, 6.07) is 20.6. The van der Waals surface area contributed by atoms with E-state index in [2.05, 4.69) is 25.1 Å². The number of pyridine rings is 2. The van der Waals surface area contributed by atoms with Crippen molar-refractivity contribution in [3.63, 3.8) is 0 Å². The predicted molar refractivity (Wildman–Crippen MR) is 120 cm³/mol. The van der Waals surface area contributed by atoms with Gasteiger partial charge in [0, 0.05) is 39.8 Å². The number of nitrogens with zero attached hydrogens (tertiary/aromatic N) is 3. The van der Waals surface area contributed by atoms with Crippen LogP contribution >= 0.6 is 0 Å². The molecule has 6 rings (SSSR count). The third kappa shape index (κ3) is 2.88. The third-order valence-corrected chi connectivity index (χ3v) is 5.51. The highest BCUT2D eigenvalue weighted by Gasteiger charge is 2.15. The minimum atomic E-state index is -0.240. The number of fused-ring (bicyclic) bond motifs is 2. The summed E-state index contributed by atoms with van der Waals surface area (Å²) in [6.07, 6.45) is 5.29. The van der Waals surface area contributed by atoms with Gasteiger partial charge >= 0.3 is 0 Å². The number of aromatic amines is 2. The van der Waals surface area contributed by atoms with Gasteiger partial charge in [-0.05, 0) is 42.0 Å². The molecule has 6 heteroatoms. The van der Waals surface area contributed by atoms with E-state index in [0.717, 1.165) is 50.0 Å². The lowest BCUT2D eigenvalue weighted by molar-refractivity contribution is 0.631. The van der Waals surface area contributed by atoms with Gasteiger partial charge in [0.05, 0.1) is 23.1 Å². The van der Waals surface area contributed by atoms with E-state index in [1.54, 1.807) is 30.7 Å². The van der Waals surface area contributed by atoms with Crippen molar-refractivity contribution >= 4 is 21.8 Å². The number of H-pyrrole nitrogens is 2. The molecule has 2 aromatic carbocycles. The molecule has 0 aliphatic carbocycles. The zero-order valence-corrected chi connectivity index (χ0v) is 16.3. The maximum absolute atomic E-state index is 14.5. The Balaban J connectivity index is 1.53. The molecule has 0 bridgehead atoms. The SMILES string of the molecule is Fc1ccccc1-c1cccc2[nH]c(-c3n[nH]c4cnc(-c5ccncc5)cc34)cc12. The topological polar surface area (TPSA) is 70.2 Å². The molecule has 148 valence electrons. The summed E-state index contributed by atoms with van der Waals surface area (Å²) in [6.45, 7) is 0. The first kappa shape index (κ1) is 17.5. The third-order valence-electron chi connectivity index (χ3n) is 5.51. The van der Waals surface area contributed by atoms with Crippen LogP contribution in [0.2, 0.25) is 0 Å².